The van der Waals surface area contributed by atoms with Crippen molar-refractivity contribution >= 4 is 21.4 Å². The predicted molar refractivity (Wildman–Crippen MR) is 72.3 cm³/mol. The molecule has 4 nitrogen and oxygen atoms in total. The fourth-order valence-corrected chi connectivity index (χ4v) is 5.41. The molecule has 102 valence electrons. The zero-order valence-corrected chi connectivity index (χ0v) is 12.1. The summed E-state index contributed by atoms with van der Waals surface area (Å²) in [6, 6.07) is 3.22. The molecule has 1 unspecified atom stereocenters. The summed E-state index contributed by atoms with van der Waals surface area (Å²) in [4.78, 5) is 0.990. The standard InChI is InChI=1S/C12H19NO3S2/c1-10-6-7-12(17-10)18(15,16)13-8-4-2-3-5-11(13)9-14/h6-7,11,14H,2-5,8-9H2,1H3. The van der Waals surface area contributed by atoms with E-state index in [4.69, 9.17) is 0 Å². The molecule has 1 aromatic heterocycles. The van der Waals surface area contributed by atoms with Gasteiger partial charge in [-0.1, -0.05) is 12.8 Å². The van der Waals surface area contributed by atoms with E-state index in [0.29, 0.717) is 10.8 Å². The van der Waals surface area contributed by atoms with Crippen LogP contribution in [-0.4, -0.2) is 37.0 Å². The van der Waals surface area contributed by atoms with Crippen LogP contribution in [0.25, 0.3) is 0 Å². The van der Waals surface area contributed by atoms with Gasteiger partial charge in [0.1, 0.15) is 4.21 Å². The topological polar surface area (TPSA) is 57.6 Å². The van der Waals surface area contributed by atoms with Crippen molar-refractivity contribution in [3.8, 4) is 0 Å². The molecule has 1 aliphatic rings. The number of rotatable bonds is 3. The van der Waals surface area contributed by atoms with Gasteiger partial charge in [0.25, 0.3) is 10.0 Å². The molecule has 1 atom stereocenters. The van der Waals surface area contributed by atoms with Crippen molar-refractivity contribution in [1.82, 2.24) is 4.31 Å². The van der Waals surface area contributed by atoms with Gasteiger partial charge in [-0.3, -0.25) is 0 Å². The fourth-order valence-electron chi connectivity index (χ4n) is 2.32. The Bertz CT molecular complexity index is 495. The molecule has 6 heteroatoms. The van der Waals surface area contributed by atoms with Crippen molar-refractivity contribution in [3.63, 3.8) is 0 Å². The first-order chi connectivity index (χ1) is 8.55. The maximum absolute atomic E-state index is 12.5. The summed E-state index contributed by atoms with van der Waals surface area (Å²) in [7, 11) is -3.43. The van der Waals surface area contributed by atoms with E-state index in [2.05, 4.69) is 0 Å². The Labute approximate surface area is 112 Å². The number of aliphatic hydroxyl groups excluding tert-OH is 1. The molecule has 1 saturated heterocycles. The first-order valence-electron chi connectivity index (χ1n) is 6.25. The summed E-state index contributed by atoms with van der Waals surface area (Å²) in [6.07, 6.45) is 3.65. The van der Waals surface area contributed by atoms with E-state index in [1.54, 1.807) is 6.07 Å². The molecular formula is C12H19NO3S2. The molecule has 0 aliphatic carbocycles. The summed E-state index contributed by atoms with van der Waals surface area (Å²) >= 11 is 1.30. The van der Waals surface area contributed by atoms with Crippen LogP contribution in [0.4, 0.5) is 0 Å². The maximum atomic E-state index is 12.5. The lowest BCUT2D eigenvalue weighted by Gasteiger charge is -2.26. The van der Waals surface area contributed by atoms with Crippen molar-refractivity contribution in [1.29, 1.82) is 0 Å². The number of aryl methyl sites for hydroxylation is 1. The van der Waals surface area contributed by atoms with Crippen molar-refractivity contribution in [3.05, 3.63) is 17.0 Å². The normalized spacial score (nSPS) is 22.9. The molecule has 1 N–H and O–H groups in total. The van der Waals surface area contributed by atoms with Crippen molar-refractivity contribution < 1.29 is 13.5 Å². The van der Waals surface area contributed by atoms with Crippen LogP contribution in [-0.2, 0) is 10.0 Å². The Hall–Kier alpha value is -0.430. The summed E-state index contributed by atoms with van der Waals surface area (Å²) in [5.41, 5.74) is 0. The molecule has 0 amide bonds. The average Bonchev–Trinajstić information content (AvgIpc) is 2.65. The SMILES string of the molecule is Cc1ccc(S(=O)(=O)N2CCCCCC2CO)s1. The van der Waals surface area contributed by atoms with Crippen molar-refractivity contribution in [2.24, 2.45) is 0 Å². The Morgan fingerprint density at radius 3 is 2.78 bits per heavy atom. The molecule has 2 heterocycles. The minimum Gasteiger partial charge on any atom is -0.395 e. The summed E-state index contributed by atoms with van der Waals surface area (Å²) in [6.45, 7) is 2.32. The number of aliphatic hydroxyl groups is 1. The van der Waals surface area contributed by atoms with Crippen LogP contribution in [0.15, 0.2) is 16.3 Å². The lowest BCUT2D eigenvalue weighted by Crippen LogP contribution is -2.41. The monoisotopic (exact) mass is 289 g/mol. The minimum absolute atomic E-state index is 0.0937. The van der Waals surface area contributed by atoms with E-state index in [9.17, 15) is 13.5 Å². The number of hydrogen-bond acceptors (Lipinski definition) is 4. The Kier molecular flexibility index (Phi) is 4.42. The Balaban J connectivity index is 2.32. The van der Waals surface area contributed by atoms with Crippen LogP contribution in [0.5, 0.6) is 0 Å². The summed E-state index contributed by atoms with van der Waals surface area (Å²) in [5, 5.41) is 9.40. The number of nitrogens with zero attached hydrogens (tertiary/aromatic N) is 1. The zero-order valence-electron chi connectivity index (χ0n) is 10.5. The van der Waals surface area contributed by atoms with Gasteiger partial charge in [0, 0.05) is 17.5 Å². The minimum atomic E-state index is -3.43. The van der Waals surface area contributed by atoms with Crippen LogP contribution in [0.3, 0.4) is 0 Å². The van der Waals surface area contributed by atoms with Gasteiger partial charge in [-0.2, -0.15) is 4.31 Å². The van der Waals surface area contributed by atoms with Crippen molar-refractivity contribution in [2.75, 3.05) is 13.2 Å². The van der Waals surface area contributed by atoms with Gasteiger partial charge >= 0.3 is 0 Å². The van der Waals surface area contributed by atoms with Gasteiger partial charge in [0.05, 0.1) is 6.61 Å². The van der Waals surface area contributed by atoms with Gasteiger partial charge < -0.3 is 5.11 Å². The van der Waals surface area contributed by atoms with Gasteiger partial charge in [-0.25, -0.2) is 8.42 Å². The second kappa shape index (κ2) is 5.69. The van der Waals surface area contributed by atoms with E-state index in [1.165, 1.54) is 15.6 Å². The third-order valence-corrected chi connectivity index (χ3v) is 6.73. The van der Waals surface area contributed by atoms with E-state index >= 15 is 0 Å². The third kappa shape index (κ3) is 2.77. The van der Waals surface area contributed by atoms with Crippen LogP contribution >= 0.6 is 11.3 Å². The van der Waals surface area contributed by atoms with Gasteiger partial charge in [-0.05, 0) is 31.9 Å². The van der Waals surface area contributed by atoms with Crippen LogP contribution in [0, 0.1) is 6.92 Å². The highest BCUT2D eigenvalue weighted by molar-refractivity contribution is 7.91. The zero-order chi connectivity index (χ0) is 13.2. The highest BCUT2D eigenvalue weighted by Crippen LogP contribution is 2.28. The van der Waals surface area contributed by atoms with Crippen molar-refractivity contribution in [2.45, 2.75) is 42.9 Å². The molecule has 0 bridgehead atoms. The Morgan fingerprint density at radius 1 is 1.39 bits per heavy atom. The molecule has 2 rings (SSSR count). The first-order valence-corrected chi connectivity index (χ1v) is 8.50. The lowest BCUT2D eigenvalue weighted by atomic mass is 10.1. The highest BCUT2D eigenvalue weighted by Gasteiger charge is 2.32. The molecule has 0 spiro atoms. The summed E-state index contributed by atoms with van der Waals surface area (Å²) in [5.74, 6) is 0. The fraction of sp³-hybridized carbons (Fsp3) is 0.667. The molecule has 1 aromatic rings. The quantitative estimate of drug-likeness (QED) is 0.925. The van der Waals surface area contributed by atoms with Crippen LogP contribution < -0.4 is 0 Å². The average molecular weight is 289 g/mol. The molecule has 0 aromatic carbocycles. The third-order valence-electron chi connectivity index (χ3n) is 3.31. The molecule has 1 aliphatic heterocycles. The van der Waals surface area contributed by atoms with E-state index in [0.717, 1.165) is 30.6 Å². The van der Waals surface area contributed by atoms with Crippen LogP contribution in [0.1, 0.15) is 30.6 Å². The second-order valence-electron chi connectivity index (χ2n) is 4.67. The molecular weight excluding hydrogens is 270 g/mol. The first kappa shape index (κ1) is 14.0. The highest BCUT2D eigenvalue weighted by atomic mass is 32.2. The predicted octanol–water partition coefficient (Wildman–Crippen LogP) is 1.98. The van der Waals surface area contributed by atoms with E-state index in [-0.39, 0.29) is 12.6 Å². The maximum Gasteiger partial charge on any atom is 0.252 e. The number of thiophene rings is 1. The largest absolute Gasteiger partial charge is 0.395 e. The van der Waals surface area contributed by atoms with Gasteiger partial charge in [0.15, 0.2) is 0 Å². The van der Waals surface area contributed by atoms with Crippen LogP contribution in [0.2, 0.25) is 0 Å². The lowest BCUT2D eigenvalue weighted by molar-refractivity contribution is 0.186. The summed E-state index contributed by atoms with van der Waals surface area (Å²) < 4.78 is 27.0. The smallest absolute Gasteiger partial charge is 0.252 e. The molecule has 18 heavy (non-hydrogen) atoms. The molecule has 0 radical (unpaired) electrons. The number of hydrogen-bond donors (Lipinski definition) is 1. The van der Waals surface area contributed by atoms with Gasteiger partial charge in [-0.15, -0.1) is 11.3 Å². The van der Waals surface area contributed by atoms with E-state index in [1.807, 2.05) is 13.0 Å². The number of sulfonamides is 1. The molecule has 0 saturated carbocycles. The van der Waals surface area contributed by atoms with E-state index < -0.39 is 10.0 Å². The van der Waals surface area contributed by atoms with Gasteiger partial charge in [0.2, 0.25) is 0 Å². The molecule has 1 fully saturated rings. The second-order valence-corrected chi connectivity index (χ2v) is 8.07. The Morgan fingerprint density at radius 2 is 2.17 bits per heavy atom.